The average Bonchev–Trinajstić information content (AvgIpc) is 3.42. The van der Waals surface area contributed by atoms with Crippen LogP contribution in [0.2, 0.25) is 0 Å². The van der Waals surface area contributed by atoms with E-state index in [2.05, 4.69) is 30.8 Å². The number of fused-ring (bicyclic) bond motifs is 4. The third kappa shape index (κ3) is 6.03. The van der Waals surface area contributed by atoms with Gasteiger partial charge in [0.05, 0.1) is 23.3 Å². The summed E-state index contributed by atoms with van der Waals surface area (Å²) < 4.78 is 60.1. The Morgan fingerprint density at radius 3 is 1.37 bits per heavy atom. The Balaban J connectivity index is 1.25. The molecule has 0 heterocycles. The zero-order valence-corrected chi connectivity index (χ0v) is 30.2. The Hall–Kier alpha value is -7.92. The molecule has 0 radical (unpaired) electrons. The van der Waals surface area contributed by atoms with Crippen LogP contribution in [-0.4, -0.2) is 0 Å². The largest absolute Gasteiger partial charge is 0.310 e. The van der Waals surface area contributed by atoms with Gasteiger partial charge in [-0.3, -0.25) is 0 Å². The van der Waals surface area contributed by atoms with Crippen molar-refractivity contribution in [3.63, 3.8) is 0 Å². The maximum atomic E-state index is 15.1. The molecule has 0 aromatic heterocycles. The first-order valence-corrected chi connectivity index (χ1v) is 17.5. The molecule has 8 rings (SSSR count). The molecule has 0 saturated carbocycles. The summed E-state index contributed by atoms with van der Waals surface area (Å²) >= 11 is 0. The second-order valence-corrected chi connectivity index (χ2v) is 14.0. The van der Waals surface area contributed by atoms with Gasteiger partial charge in [-0.25, -0.2) is 22.4 Å². The molecular formula is C47H26F4N6. The molecule has 0 aliphatic heterocycles. The second-order valence-electron chi connectivity index (χ2n) is 14.0. The standard InChI is InChI=1S/C47H26F4N6/c1-47(2)40-18-31-16-32(56(34-9-5-28(24-52)42(48)20-34)35-10-6-29(25-53)43(49)21-35)8-4-27(31)17-39(40)38-14-12-33(19-41(38)47)57(36-11-7-30(26-54)44(50)22-36)37-13-15-46(55-3)45(51)23-37/h4-23H,1-2H3. The van der Waals surface area contributed by atoms with Gasteiger partial charge in [0.15, 0.2) is 0 Å². The van der Waals surface area contributed by atoms with Gasteiger partial charge in [0, 0.05) is 39.5 Å². The van der Waals surface area contributed by atoms with Crippen LogP contribution in [0.1, 0.15) is 41.7 Å². The lowest BCUT2D eigenvalue weighted by molar-refractivity contribution is 0.623. The quantitative estimate of drug-likeness (QED) is 0.125. The highest BCUT2D eigenvalue weighted by Crippen LogP contribution is 2.52. The molecule has 10 heteroatoms. The predicted octanol–water partition coefficient (Wildman–Crippen LogP) is 12.8. The fraction of sp³-hybridized carbons (Fsp3) is 0.0638. The molecule has 57 heavy (non-hydrogen) atoms. The highest BCUT2D eigenvalue weighted by molar-refractivity contribution is 5.97. The summed E-state index contributed by atoms with van der Waals surface area (Å²) in [6, 6.07) is 37.8. The van der Waals surface area contributed by atoms with Crippen LogP contribution < -0.4 is 9.80 Å². The van der Waals surface area contributed by atoms with E-state index in [1.807, 2.05) is 54.6 Å². The van der Waals surface area contributed by atoms with Gasteiger partial charge in [0.25, 0.3) is 0 Å². The van der Waals surface area contributed by atoms with Crippen molar-refractivity contribution >= 4 is 50.6 Å². The minimum Gasteiger partial charge on any atom is -0.310 e. The number of nitriles is 3. The van der Waals surface area contributed by atoms with Crippen LogP contribution in [-0.2, 0) is 5.41 Å². The zero-order chi connectivity index (χ0) is 40.2. The summed E-state index contributed by atoms with van der Waals surface area (Å²) in [6.07, 6.45) is 0. The molecular weight excluding hydrogens is 725 g/mol. The molecule has 0 spiro atoms. The molecule has 0 fully saturated rings. The van der Waals surface area contributed by atoms with Crippen LogP contribution in [0.25, 0.3) is 26.7 Å². The molecule has 0 N–H and O–H groups in total. The first-order valence-electron chi connectivity index (χ1n) is 17.5. The normalized spacial score (nSPS) is 12.1. The van der Waals surface area contributed by atoms with Crippen molar-refractivity contribution in [1.82, 2.24) is 0 Å². The van der Waals surface area contributed by atoms with Gasteiger partial charge in [0.1, 0.15) is 41.5 Å². The number of rotatable bonds is 6. The molecule has 0 bridgehead atoms. The van der Waals surface area contributed by atoms with E-state index in [-0.39, 0.29) is 22.4 Å². The lowest BCUT2D eigenvalue weighted by Crippen LogP contribution is -2.17. The minimum atomic E-state index is -0.736. The van der Waals surface area contributed by atoms with Gasteiger partial charge in [0.2, 0.25) is 5.69 Å². The van der Waals surface area contributed by atoms with Crippen molar-refractivity contribution in [1.29, 1.82) is 15.8 Å². The SMILES string of the molecule is [C-]#[N+]c1ccc(N(c2ccc(C#N)c(F)c2)c2ccc3c(c2)C(C)(C)c2cc4cc(N(c5ccc(C#N)c(F)c5)c5ccc(C#N)c(F)c5)ccc4cc2-3)cc1F. The van der Waals surface area contributed by atoms with Crippen molar-refractivity contribution in [2.45, 2.75) is 19.3 Å². The summed E-state index contributed by atoms with van der Waals surface area (Å²) in [5.41, 5.74) is 5.33. The Morgan fingerprint density at radius 1 is 0.474 bits per heavy atom. The van der Waals surface area contributed by atoms with Crippen LogP contribution in [0, 0.1) is 63.8 Å². The number of anilines is 6. The van der Waals surface area contributed by atoms with Crippen molar-refractivity contribution < 1.29 is 17.6 Å². The first kappa shape index (κ1) is 36.1. The van der Waals surface area contributed by atoms with E-state index >= 15 is 17.6 Å². The third-order valence-corrected chi connectivity index (χ3v) is 10.4. The summed E-state index contributed by atoms with van der Waals surface area (Å²) in [4.78, 5) is 6.57. The highest BCUT2D eigenvalue weighted by Gasteiger charge is 2.36. The fourth-order valence-electron chi connectivity index (χ4n) is 7.55. The van der Waals surface area contributed by atoms with Crippen LogP contribution in [0.5, 0.6) is 0 Å². The van der Waals surface area contributed by atoms with Crippen LogP contribution >= 0.6 is 0 Å². The van der Waals surface area contributed by atoms with Gasteiger partial charge in [-0.1, -0.05) is 32.0 Å². The fourth-order valence-corrected chi connectivity index (χ4v) is 7.55. The smallest absolute Gasteiger partial charge is 0.222 e. The van der Waals surface area contributed by atoms with Gasteiger partial charge in [-0.05, 0) is 136 Å². The van der Waals surface area contributed by atoms with Gasteiger partial charge < -0.3 is 9.80 Å². The number of hydrogen-bond acceptors (Lipinski definition) is 5. The summed E-state index contributed by atoms with van der Waals surface area (Å²) in [6.45, 7) is 11.5. The number of nitrogens with zero attached hydrogens (tertiary/aromatic N) is 6. The monoisotopic (exact) mass is 750 g/mol. The van der Waals surface area contributed by atoms with E-state index in [0.717, 1.165) is 33.0 Å². The van der Waals surface area contributed by atoms with Gasteiger partial charge in [-0.15, -0.1) is 0 Å². The average molecular weight is 751 g/mol. The summed E-state index contributed by atoms with van der Waals surface area (Å²) in [5, 5.41) is 29.8. The molecule has 0 unspecified atom stereocenters. The molecule has 7 aromatic carbocycles. The molecule has 0 saturated heterocycles. The Bertz CT molecular complexity index is 2890. The zero-order valence-electron chi connectivity index (χ0n) is 30.2. The van der Waals surface area contributed by atoms with Crippen molar-refractivity contribution in [2.75, 3.05) is 9.80 Å². The van der Waals surface area contributed by atoms with Crippen molar-refractivity contribution in [3.05, 3.63) is 184 Å². The molecule has 0 amide bonds. The van der Waals surface area contributed by atoms with E-state index in [4.69, 9.17) is 6.57 Å². The summed E-state index contributed by atoms with van der Waals surface area (Å²) in [7, 11) is 0. The molecule has 0 atom stereocenters. The maximum absolute atomic E-state index is 15.1. The first-order chi connectivity index (χ1) is 27.4. The lowest BCUT2D eigenvalue weighted by atomic mass is 9.81. The molecule has 6 nitrogen and oxygen atoms in total. The third-order valence-electron chi connectivity index (χ3n) is 10.4. The highest BCUT2D eigenvalue weighted by atomic mass is 19.1. The predicted molar refractivity (Wildman–Crippen MR) is 211 cm³/mol. The van der Waals surface area contributed by atoms with E-state index in [9.17, 15) is 15.8 Å². The minimum absolute atomic E-state index is 0.134. The number of halogens is 4. The van der Waals surface area contributed by atoms with Crippen molar-refractivity contribution in [3.8, 4) is 29.3 Å². The van der Waals surface area contributed by atoms with Crippen LogP contribution in [0.15, 0.2) is 121 Å². The lowest BCUT2D eigenvalue weighted by Gasteiger charge is -2.28. The number of benzene rings is 7. The van der Waals surface area contributed by atoms with Gasteiger partial charge >= 0.3 is 0 Å². The van der Waals surface area contributed by atoms with Gasteiger partial charge in [-0.2, -0.15) is 15.8 Å². The molecule has 1 aliphatic rings. The summed E-state index contributed by atoms with van der Waals surface area (Å²) in [5.74, 6) is -2.93. The van der Waals surface area contributed by atoms with E-state index < -0.39 is 28.7 Å². The second kappa shape index (κ2) is 13.7. The van der Waals surface area contributed by atoms with Crippen LogP contribution in [0.3, 0.4) is 0 Å². The van der Waals surface area contributed by atoms with E-state index in [1.165, 1.54) is 48.5 Å². The van der Waals surface area contributed by atoms with Crippen molar-refractivity contribution in [2.24, 2.45) is 0 Å². The van der Waals surface area contributed by atoms with Crippen LogP contribution in [0.4, 0.5) is 57.4 Å². The maximum Gasteiger partial charge on any atom is 0.222 e. The Labute approximate surface area is 325 Å². The molecule has 7 aromatic rings. The molecule has 1 aliphatic carbocycles. The van der Waals surface area contributed by atoms with E-state index in [0.29, 0.717) is 34.1 Å². The topological polar surface area (TPSA) is 82.2 Å². The Kier molecular flexibility index (Phi) is 8.69. The number of hydrogen-bond donors (Lipinski definition) is 0. The molecule has 272 valence electrons. The Morgan fingerprint density at radius 2 is 0.895 bits per heavy atom. The van der Waals surface area contributed by atoms with E-state index in [1.54, 1.807) is 34.1 Å².